The maximum Gasteiger partial charge on any atom is 0.137 e. The molecule has 0 radical (unpaired) electrons. The van der Waals surface area contributed by atoms with Crippen LogP contribution in [0.2, 0.25) is 0 Å². The van der Waals surface area contributed by atoms with Crippen molar-refractivity contribution in [1.29, 1.82) is 0 Å². The van der Waals surface area contributed by atoms with Gasteiger partial charge < -0.3 is 13.9 Å². The Morgan fingerprint density at radius 2 is 1.00 bits per heavy atom. The van der Waals surface area contributed by atoms with Gasteiger partial charge in [-0.3, -0.25) is 0 Å². The fraction of sp³-hybridized carbons (Fsp3) is 0. The van der Waals surface area contributed by atoms with E-state index in [-0.39, 0.29) is 0 Å². The van der Waals surface area contributed by atoms with E-state index in [9.17, 15) is 0 Å². The summed E-state index contributed by atoms with van der Waals surface area (Å²) in [6.07, 6.45) is 0. The summed E-state index contributed by atoms with van der Waals surface area (Å²) in [7, 11) is 0. The number of benzene rings is 10. The second kappa shape index (κ2) is 11.6. The van der Waals surface area contributed by atoms with Gasteiger partial charge in [-0.15, -0.1) is 0 Å². The zero-order valence-corrected chi connectivity index (χ0v) is 29.8. The smallest absolute Gasteiger partial charge is 0.137 e. The van der Waals surface area contributed by atoms with Crippen LogP contribution in [0.25, 0.3) is 92.9 Å². The van der Waals surface area contributed by atoms with Crippen LogP contribution in [-0.2, 0) is 0 Å². The number of para-hydroxylation sites is 4. The van der Waals surface area contributed by atoms with Crippen molar-refractivity contribution >= 4 is 93.1 Å². The second-order valence-electron chi connectivity index (χ2n) is 14.5. The Labute approximate surface area is 316 Å². The molecule has 0 saturated carbocycles. The van der Waals surface area contributed by atoms with E-state index in [4.69, 9.17) is 4.42 Å². The molecule has 12 rings (SSSR count). The molecular formula is C52H32N2O. The molecule has 12 aromatic rings. The standard InChI is InChI=1S/C52H32N2O/c1-3-11-36(12-4-1)53(39-26-28-43-42-16-8-10-18-48(42)55-49(43)32-39)38-24-21-33(22-25-38)40-27-23-34-19-20-35-31-46-41-15-7-9-17-47(41)54(37-13-5-2-6-14-37)52(46)45-30-29-44(40)50(34)51(35)45/h1-32H. The Balaban J connectivity index is 1.03. The summed E-state index contributed by atoms with van der Waals surface area (Å²) >= 11 is 0. The Kier molecular flexibility index (Phi) is 6.34. The Morgan fingerprint density at radius 3 is 1.85 bits per heavy atom. The van der Waals surface area contributed by atoms with Crippen molar-refractivity contribution in [2.24, 2.45) is 0 Å². The van der Waals surface area contributed by atoms with E-state index in [1.165, 1.54) is 70.9 Å². The first-order valence-corrected chi connectivity index (χ1v) is 18.8. The number of aromatic nitrogens is 1. The molecule has 0 aliphatic rings. The molecule has 10 aromatic carbocycles. The van der Waals surface area contributed by atoms with Crippen LogP contribution < -0.4 is 4.90 Å². The van der Waals surface area contributed by atoms with Gasteiger partial charge in [0.05, 0.1) is 11.0 Å². The molecule has 0 unspecified atom stereocenters. The molecule has 2 heterocycles. The summed E-state index contributed by atoms with van der Waals surface area (Å²) in [6, 6.07) is 70.2. The van der Waals surface area contributed by atoms with Gasteiger partial charge in [-0.05, 0) is 105 Å². The lowest BCUT2D eigenvalue weighted by atomic mass is 9.89. The van der Waals surface area contributed by atoms with E-state index in [0.29, 0.717) is 0 Å². The Morgan fingerprint density at radius 1 is 0.382 bits per heavy atom. The zero-order chi connectivity index (χ0) is 36.0. The third-order valence-electron chi connectivity index (χ3n) is 11.5. The van der Waals surface area contributed by atoms with Crippen LogP contribution in [0, 0.1) is 0 Å². The summed E-state index contributed by atoms with van der Waals surface area (Å²) < 4.78 is 8.77. The highest BCUT2D eigenvalue weighted by Crippen LogP contribution is 2.45. The fourth-order valence-electron chi connectivity index (χ4n) is 9.09. The van der Waals surface area contributed by atoms with Gasteiger partial charge >= 0.3 is 0 Å². The number of furan rings is 1. The number of nitrogens with zero attached hydrogens (tertiary/aromatic N) is 2. The van der Waals surface area contributed by atoms with Gasteiger partial charge in [-0.25, -0.2) is 0 Å². The van der Waals surface area contributed by atoms with Gasteiger partial charge in [-0.1, -0.05) is 121 Å². The molecule has 3 heteroatoms. The number of hydrogen-bond donors (Lipinski definition) is 0. The molecule has 0 N–H and O–H groups in total. The second-order valence-corrected chi connectivity index (χ2v) is 14.5. The summed E-state index contributed by atoms with van der Waals surface area (Å²) in [5.74, 6) is 0. The number of hydrogen-bond acceptors (Lipinski definition) is 2. The van der Waals surface area contributed by atoms with Crippen LogP contribution in [0.4, 0.5) is 17.1 Å². The molecule has 2 aromatic heterocycles. The van der Waals surface area contributed by atoms with Gasteiger partial charge in [0.25, 0.3) is 0 Å². The van der Waals surface area contributed by atoms with E-state index < -0.39 is 0 Å². The lowest BCUT2D eigenvalue weighted by Crippen LogP contribution is -2.09. The molecule has 55 heavy (non-hydrogen) atoms. The zero-order valence-electron chi connectivity index (χ0n) is 29.8. The average Bonchev–Trinajstić information content (AvgIpc) is 3.79. The Hall–Kier alpha value is -7.36. The van der Waals surface area contributed by atoms with E-state index >= 15 is 0 Å². The largest absolute Gasteiger partial charge is 0.456 e. The van der Waals surface area contributed by atoms with Gasteiger partial charge in [0.2, 0.25) is 0 Å². The first-order chi connectivity index (χ1) is 27.3. The third-order valence-corrected chi connectivity index (χ3v) is 11.5. The molecule has 0 fully saturated rings. The summed E-state index contributed by atoms with van der Waals surface area (Å²) in [5.41, 5.74) is 11.1. The van der Waals surface area contributed by atoms with Crippen molar-refractivity contribution in [2.75, 3.05) is 4.90 Å². The van der Waals surface area contributed by atoms with Gasteiger partial charge in [0.15, 0.2) is 0 Å². The van der Waals surface area contributed by atoms with Crippen LogP contribution >= 0.6 is 0 Å². The summed E-state index contributed by atoms with van der Waals surface area (Å²) in [6.45, 7) is 0. The fourth-order valence-corrected chi connectivity index (χ4v) is 9.09. The summed E-state index contributed by atoms with van der Waals surface area (Å²) in [5, 5.41) is 12.5. The van der Waals surface area contributed by atoms with Crippen LogP contribution in [0.15, 0.2) is 199 Å². The highest BCUT2D eigenvalue weighted by molar-refractivity contribution is 6.32. The minimum absolute atomic E-state index is 0.881. The van der Waals surface area contributed by atoms with Crippen molar-refractivity contribution in [1.82, 2.24) is 4.57 Å². The van der Waals surface area contributed by atoms with Crippen LogP contribution in [-0.4, -0.2) is 4.57 Å². The van der Waals surface area contributed by atoms with Crippen LogP contribution in [0.1, 0.15) is 0 Å². The lowest BCUT2D eigenvalue weighted by molar-refractivity contribution is 0.669. The average molecular weight is 701 g/mol. The summed E-state index contributed by atoms with van der Waals surface area (Å²) in [4.78, 5) is 2.30. The normalized spacial score (nSPS) is 12.0. The van der Waals surface area contributed by atoms with Crippen LogP contribution in [0.3, 0.4) is 0 Å². The lowest BCUT2D eigenvalue weighted by Gasteiger charge is -2.25. The molecule has 0 aliphatic carbocycles. The maximum atomic E-state index is 6.32. The number of rotatable bonds is 5. The van der Waals surface area contributed by atoms with E-state index in [2.05, 4.69) is 191 Å². The Bertz CT molecular complexity index is 3410. The number of anilines is 3. The van der Waals surface area contributed by atoms with Crippen molar-refractivity contribution in [3.05, 3.63) is 194 Å². The SMILES string of the molecule is c1ccc(N(c2ccc(-c3ccc4ccc5cc6c7ccccc7n(-c7ccccc7)c6c6ccc3c4c56)cc2)c2ccc3c(c2)oc2ccccc23)cc1. The van der Waals surface area contributed by atoms with Gasteiger partial charge in [0, 0.05) is 55.7 Å². The van der Waals surface area contributed by atoms with E-state index in [1.54, 1.807) is 0 Å². The highest BCUT2D eigenvalue weighted by atomic mass is 16.3. The molecular weight excluding hydrogens is 669 g/mol. The van der Waals surface area contributed by atoms with Crippen molar-refractivity contribution < 1.29 is 4.42 Å². The third kappa shape index (κ3) is 4.44. The van der Waals surface area contributed by atoms with Gasteiger partial charge in [0.1, 0.15) is 11.2 Å². The topological polar surface area (TPSA) is 21.3 Å². The van der Waals surface area contributed by atoms with Crippen molar-refractivity contribution in [2.45, 2.75) is 0 Å². The molecule has 256 valence electrons. The molecule has 0 saturated heterocycles. The van der Waals surface area contributed by atoms with Crippen molar-refractivity contribution in [3.8, 4) is 16.8 Å². The maximum absolute atomic E-state index is 6.32. The minimum atomic E-state index is 0.881. The molecule has 0 amide bonds. The first-order valence-electron chi connectivity index (χ1n) is 18.8. The van der Waals surface area contributed by atoms with Gasteiger partial charge in [-0.2, -0.15) is 0 Å². The van der Waals surface area contributed by atoms with Crippen molar-refractivity contribution in [3.63, 3.8) is 0 Å². The first kappa shape index (κ1) is 30.1. The van der Waals surface area contributed by atoms with E-state index in [1.807, 2.05) is 12.1 Å². The molecule has 0 atom stereocenters. The molecule has 3 nitrogen and oxygen atoms in total. The number of fused-ring (bicyclic) bond motifs is 7. The predicted molar refractivity (Wildman–Crippen MR) is 232 cm³/mol. The predicted octanol–water partition coefficient (Wildman–Crippen LogP) is 14.7. The molecule has 0 aliphatic heterocycles. The minimum Gasteiger partial charge on any atom is -0.456 e. The quantitative estimate of drug-likeness (QED) is 0.167. The van der Waals surface area contributed by atoms with E-state index in [0.717, 1.165) is 39.0 Å². The monoisotopic (exact) mass is 700 g/mol. The molecule has 0 bridgehead atoms. The molecule has 0 spiro atoms. The highest BCUT2D eigenvalue weighted by Gasteiger charge is 2.20. The van der Waals surface area contributed by atoms with Crippen LogP contribution in [0.5, 0.6) is 0 Å².